The van der Waals surface area contributed by atoms with Crippen molar-refractivity contribution < 1.29 is 0 Å². The largest absolute Gasteiger partial charge is 0.304 e. The molecule has 3 nitrogen and oxygen atoms in total. The highest BCUT2D eigenvalue weighted by Crippen LogP contribution is 2.30. The van der Waals surface area contributed by atoms with Gasteiger partial charge in [0.05, 0.1) is 0 Å². The molecule has 15 heavy (non-hydrogen) atoms. The molecule has 0 aromatic carbocycles. The second-order valence-corrected chi connectivity index (χ2v) is 4.71. The molecule has 0 atom stereocenters. The third-order valence-electron chi connectivity index (χ3n) is 3.32. The Kier molecular flexibility index (Phi) is 3.57. The summed E-state index contributed by atoms with van der Waals surface area (Å²) in [4.78, 5) is 0. The molecule has 0 aliphatic heterocycles. The second-order valence-electron chi connectivity index (χ2n) is 4.32. The van der Waals surface area contributed by atoms with Gasteiger partial charge in [-0.05, 0) is 32.0 Å². The van der Waals surface area contributed by atoms with Gasteiger partial charge in [-0.1, -0.05) is 25.7 Å². The molecule has 0 bridgehead atoms. The fourth-order valence-electron chi connectivity index (χ4n) is 2.48. The summed E-state index contributed by atoms with van der Waals surface area (Å²) in [7, 11) is 0. The number of hydrogen-bond donors (Lipinski definition) is 1. The van der Waals surface area contributed by atoms with Gasteiger partial charge < -0.3 is 4.57 Å². The summed E-state index contributed by atoms with van der Waals surface area (Å²) in [6.45, 7) is 3.06. The Morgan fingerprint density at radius 2 is 2.00 bits per heavy atom. The van der Waals surface area contributed by atoms with E-state index in [1.165, 1.54) is 44.3 Å². The normalized spacial score (nSPS) is 19.0. The van der Waals surface area contributed by atoms with Crippen LogP contribution in [-0.2, 0) is 6.54 Å². The molecule has 1 heterocycles. The minimum atomic E-state index is 0.625. The molecule has 1 N–H and O–H groups in total. The van der Waals surface area contributed by atoms with Crippen LogP contribution in [0.15, 0.2) is 0 Å². The topological polar surface area (TPSA) is 33.6 Å². The number of aromatic amines is 1. The predicted octanol–water partition coefficient (Wildman–Crippen LogP) is 3.40. The van der Waals surface area contributed by atoms with Crippen LogP contribution in [0.2, 0.25) is 0 Å². The zero-order valence-electron chi connectivity index (χ0n) is 9.33. The molecule has 4 heteroatoms. The van der Waals surface area contributed by atoms with Crippen LogP contribution in [-0.4, -0.2) is 14.8 Å². The van der Waals surface area contributed by atoms with E-state index in [4.69, 9.17) is 12.2 Å². The van der Waals surface area contributed by atoms with E-state index in [1.807, 2.05) is 0 Å². The van der Waals surface area contributed by atoms with Gasteiger partial charge in [0.15, 0.2) is 4.77 Å². The molecule has 0 spiro atoms. The molecule has 0 amide bonds. The van der Waals surface area contributed by atoms with Crippen molar-refractivity contribution in [3.05, 3.63) is 10.6 Å². The fraction of sp³-hybridized carbons (Fsp3) is 0.818. The highest BCUT2D eigenvalue weighted by Gasteiger charge is 2.19. The molecular weight excluding hydrogens is 206 g/mol. The zero-order chi connectivity index (χ0) is 10.7. The van der Waals surface area contributed by atoms with Crippen LogP contribution in [0, 0.1) is 4.77 Å². The van der Waals surface area contributed by atoms with E-state index in [0.717, 1.165) is 11.3 Å². The van der Waals surface area contributed by atoms with Gasteiger partial charge in [-0.25, -0.2) is 0 Å². The lowest BCUT2D eigenvalue weighted by Gasteiger charge is -2.13. The Bertz CT molecular complexity index is 358. The van der Waals surface area contributed by atoms with Crippen LogP contribution in [0.1, 0.15) is 57.2 Å². The average Bonchev–Trinajstić information content (AvgIpc) is 2.48. The minimum Gasteiger partial charge on any atom is -0.304 e. The molecular formula is C11H19N3S. The monoisotopic (exact) mass is 225 g/mol. The Morgan fingerprint density at radius 1 is 1.33 bits per heavy atom. The first-order valence-corrected chi connectivity index (χ1v) is 6.39. The van der Waals surface area contributed by atoms with Crippen LogP contribution < -0.4 is 0 Å². The van der Waals surface area contributed by atoms with Gasteiger partial charge in [0.25, 0.3) is 0 Å². The second kappa shape index (κ2) is 4.92. The van der Waals surface area contributed by atoms with E-state index in [1.54, 1.807) is 0 Å². The molecule has 1 aromatic heterocycles. The first-order chi connectivity index (χ1) is 7.33. The Labute approximate surface area is 95.9 Å². The Hall–Kier alpha value is -0.640. The number of nitrogens with zero attached hydrogens (tertiary/aromatic N) is 2. The third-order valence-corrected chi connectivity index (χ3v) is 3.64. The lowest BCUT2D eigenvalue weighted by Crippen LogP contribution is -2.08. The maximum absolute atomic E-state index is 5.22. The van der Waals surface area contributed by atoms with E-state index in [2.05, 4.69) is 21.7 Å². The maximum atomic E-state index is 5.22. The summed E-state index contributed by atoms with van der Waals surface area (Å²) in [5, 5.41) is 7.32. The number of rotatable bonds is 2. The van der Waals surface area contributed by atoms with Crippen LogP contribution in [0.3, 0.4) is 0 Å². The SMILES string of the molecule is CCn1c(C2CCCCCC2)n[nH]c1=S. The summed E-state index contributed by atoms with van der Waals surface area (Å²) in [5.41, 5.74) is 0. The first kappa shape index (κ1) is 10.9. The van der Waals surface area contributed by atoms with E-state index in [9.17, 15) is 0 Å². The van der Waals surface area contributed by atoms with Crippen molar-refractivity contribution in [2.24, 2.45) is 0 Å². The quantitative estimate of drug-likeness (QED) is 0.618. The van der Waals surface area contributed by atoms with Gasteiger partial charge in [0.1, 0.15) is 5.82 Å². The van der Waals surface area contributed by atoms with E-state index in [-0.39, 0.29) is 0 Å². The van der Waals surface area contributed by atoms with Crippen LogP contribution >= 0.6 is 12.2 Å². The summed E-state index contributed by atoms with van der Waals surface area (Å²) in [6.07, 6.45) is 8.00. The molecule has 0 saturated heterocycles. The molecule has 1 aromatic rings. The average molecular weight is 225 g/mol. The maximum Gasteiger partial charge on any atom is 0.195 e. The lowest BCUT2D eigenvalue weighted by atomic mass is 9.99. The summed E-state index contributed by atoms with van der Waals surface area (Å²) in [5.74, 6) is 1.81. The van der Waals surface area contributed by atoms with Crippen molar-refractivity contribution in [3.8, 4) is 0 Å². The van der Waals surface area contributed by atoms with Crippen LogP contribution in [0.5, 0.6) is 0 Å². The third kappa shape index (κ3) is 2.30. The van der Waals surface area contributed by atoms with E-state index in [0.29, 0.717) is 5.92 Å². The summed E-state index contributed by atoms with van der Waals surface area (Å²) in [6, 6.07) is 0. The van der Waals surface area contributed by atoms with Crippen molar-refractivity contribution in [3.63, 3.8) is 0 Å². The predicted molar refractivity (Wildman–Crippen MR) is 63.5 cm³/mol. The number of H-pyrrole nitrogens is 1. The van der Waals surface area contributed by atoms with Gasteiger partial charge in [-0.3, -0.25) is 5.10 Å². The first-order valence-electron chi connectivity index (χ1n) is 5.98. The van der Waals surface area contributed by atoms with Crippen molar-refractivity contribution in [1.82, 2.24) is 14.8 Å². The van der Waals surface area contributed by atoms with E-state index < -0.39 is 0 Å². The molecule has 2 rings (SSSR count). The van der Waals surface area contributed by atoms with Gasteiger partial charge in [0, 0.05) is 12.5 Å². The van der Waals surface area contributed by atoms with Crippen LogP contribution in [0.25, 0.3) is 0 Å². The van der Waals surface area contributed by atoms with Crippen molar-refractivity contribution >= 4 is 12.2 Å². The molecule has 0 unspecified atom stereocenters. The summed E-state index contributed by atoms with van der Waals surface area (Å²) >= 11 is 5.22. The van der Waals surface area contributed by atoms with Gasteiger partial charge in [-0.2, -0.15) is 5.10 Å². The van der Waals surface area contributed by atoms with Gasteiger partial charge >= 0.3 is 0 Å². The fourth-order valence-corrected chi connectivity index (χ4v) is 2.75. The Morgan fingerprint density at radius 3 is 2.60 bits per heavy atom. The van der Waals surface area contributed by atoms with Crippen LogP contribution in [0.4, 0.5) is 0 Å². The van der Waals surface area contributed by atoms with Gasteiger partial charge in [-0.15, -0.1) is 0 Å². The number of hydrogen-bond acceptors (Lipinski definition) is 2. The molecule has 1 saturated carbocycles. The Balaban J connectivity index is 2.23. The smallest absolute Gasteiger partial charge is 0.195 e. The molecule has 1 aliphatic rings. The van der Waals surface area contributed by atoms with Crippen molar-refractivity contribution in [2.75, 3.05) is 0 Å². The molecule has 0 radical (unpaired) electrons. The van der Waals surface area contributed by atoms with Gasteiger partial charge in [0.2, 0.25) is 0 Å². The number of nitrogens with one attached hydrogen (secondary N) is 1. The molecule has 1 aliphatic carbocycles. The lowest BCUT2D eigenvalue weighted by molar-refractivity contribution is 0.525. The minimum absolute atomic E-state index is 0.625. The number of aromatic nitrogens is 3. The zero-order valence-corrected chi connectivity index (χ0v) is 10.1. The van der Waals surface area contributed by atoms with E-state index >= 15 is 0 Å². The highest BCUT2D eigenvalue weighted by atomic mass is 32.1. The highest BCUT2D eigenvalue weighted by molar-refractivity contribution is 7.71. The molecule has 1 fully saturated rings. The molecule has 84 valence electrons. The summed E-state index contributed by atoms with van der Waals surface area (Å²) < 4.78 is 2.92. The standard InChI is InChI=1S/C11H19N3S/c1-2-14-10(12-13-11(14)15)9-7-5-3-4-6-8-9/h9H,2-8H2,1H3,(H,13,15). The van der Waals surface area contributed by atoms with Crippen molar-refractivity contribution in [2.45, 2.75) is 57.9 Å². The van der Waals surface area contributed by atoms with Crippen molar-refractivity contribution in [1.29, 1.82) is 0 Å².